The molecule has 0 saturated heterocycles. The van der Waals surface area contributed by atoms with Gasteiger partial charge in [0.15, 0.2) is 11.7 Å². The van der Waals surface area contributed by atoms with Gasteiger partial charge in [-0.3, -0.25) is 0 Å². The molecule has 1 unspecified atom stereocenters. The number of alkyl halides is 6. The summed E-state index contributed by atoms with van der Waals surface area (Å²) in [6.07, 6.45) is 0. The van der Waals surface area contributed by atoms with E-state index in [1.807, 2.05) is 32.9 Å². The Morgan fingerprint density at radius 2 is 1.38 bits per heavy atom. The van der Waals surface area contributed by atoms with Crippen molar-refractivity contribution in [2.75, 3.05) is 4.72 Å². The summed E-state index contributed by atoms with van der Waals surface area (Å²) < 4.78 is 7.92. The minimum atomic E-state index is -1.86. The van der Waals surface area contributed by atoms with Crippen molar-refractivity contribution in [1.29, 1.82) is 0 Å². The molecule has 0 aromatic heterocycles. The highest BCUT2D eigenvalue weighted by molar-refractivity contribution is 7.87. The fraction of sp³-hybridized carbons (Fsp3) is 0.385. The minimum absolute atomic E-state index is 0.0953. The predicted molar refractivity (Wildman–Crippen MR) is 110 cm³/mol. The first-order valence-corrected chi connectivity index (χ1v) is 9.91. The lowest BCUT2D eigenvalue weighted by atomic mass is 10.1. The van der Waals surface area contributed by atoms with Gasteiger partial charge in [-0.15, -0.1) is 0 Å². The van der Waals surface area contributed by atoms with Gasteiger partial charge in [-0.2, -0.15) is 8.76 Å². The Kier molecular flexibility index (Phi) is 6.40. The number of halogens is 6. The fourth-order valence-electron chi connectivity index (χ4n) is 2.03. The number of rotatable bonds is 2. The zero-order valence-corrected chi connectivity index (χ0v) is 18.0. The highest BCUT2D eigenvalue weighted by atomic mass is 35.6. The van der Waals surface area contributed by atoms with E-state index in [-0.39, 0.29) is 11.7 Å². The van der Waals surface area contributed by atoms with Crippen LogP contribution in [-0.4, -0.2) is 19.3 Å². The van der Waals surface area contributed by atoms with Crippen LogP contribution in [0, 0.1) is 20.8 Å². The molecule has 1 N–H and O–H groups in total. The lowest BCUT2D eigenvalue weighted by Gasteiger charge is -2.21. The van der Waals surface area contributed by atoms with Crippen molar-refractivity contribution < 1.29 is 0 Å². The van der Waals surface area contributed by atoms with Crippen LogP contribution >= 0.6 is 69.6 Å². The molecular formula is C13H12Cl6N4S. The summed E-state index contributed by atoms with van der Waals surface area (Å²) in [5.74, 6) is -0.191. The van der Waals surface area contributed by atoms with E-state index in [1.165, 1.54) is 0 Å². The summed E-state index contributed by atoms with van der Waals surface area (Å²) >= 11 is 34.1. The van der Waals surface area contributed by atoms with Crippen LogP contribution in [0.15, 0.2) is 25.9 Å². The van der Waals surface area contributed by atoms with E-state index in [0.29, 0.717) is 0 Å². The third-order valence-electron chi connectivity index (χ3n) is 2.94. The standard InChI is InChI=1S/C13H12Cl6N4S/c1-6-4-7(2)9(8(3)5-6)21-24-22-10(12(14,15)16)20-11(23-24)13(17,18)19/h4-5H,1-3H3,(H,20,21,22,23). The Morgan fingerprint density at radius 1 is 0.875 bits per heavy atom. The number of aliphatic imine (C=N–C) groups is 1. The molecule has 2 rings (SSSR count). The number of hydrogen-bond acceptors (Lipinski definition) is 4. The Morgan fingerprint density at radius 3 is 1.83 bits per heavy atom. The normalized spacial score (nSPS) is 18.6. The van der Waals surface area contributed by atoms with Crippen molar-refractivity contribution in [2.45, 2.75) is 28.4 Å². The minimum Gasteiger partial charge on any atom is -0.302 e. The van der Waals surface area contributed by atoms with Gasteiger partial charge in [0.2, 0.25) is 0 Å². The van der Waals surface area contributed by atoms with Gasteiger partial charge in [0.1, 0.15) is 11.1 Å². The first-order chi connectivity index (χ1) is 10.9. The molecule has 1 aromatic rings. The van der Waals surface area contributed by atoms with Crippen LogP contribution in [0.5, 0.6) is 0 Å². The van der Waals surface area contributed by atoms with E-state index < -0.39 is 18.6 Å². The zero-order chi connectivity index (χ0) is 18.3. The topological polar surface area (TPSA) is 49.1 Å². The second-order valence-corrected chi connectivity index (χ2v) is 10.7. The third-order valence-corrected chi connectivity index (χ3v) is 5.03. The molecule has 0 bridgehead atoms. The molecule has 1 aliphatic rings. The van der Waals surface area contributed by atoms with Crippen molar-refractivity contribution in [1.82, 2.24) is 0 Å². The molecule has 132 valence electrons. The van der Waals surface area contributed by atoms with E-state index in [4.69, 9.17) is 69.6 Å². The van der Waals surface area contributed by atoms with Crippen molar-refractivity contribution in [3.8, 4) is 0 Å². The molecule has 0 radical (unpaired) electrons. The molecule has 1 atom stereocenters. The van der Waals surface area contributed by atoms with Crippen LogP contribution < -0.4 is 4.72 Å². The van der Waals surface area contributed by atoms with Crippen LogP contribution in [0.25, 0.3) is 0 Å². The molecule has 0 saturated carbocycles. The maximum Gasteiger partial charge on any atom is 0.250 e. The first-order valence-electron chi connectivity index (χ1n) is 6.50. The molecule has 1 aromatic carbocycles. The fourth-order valence-corrected chi connectivity index (χ4v) is 4.16. The van der Waals surface area contributed by atoms with Crippen molar-refractivity contribution >= 4 is 98.0 Å². The number of nitrogens with one attached hydrogen (secondary N) is 1. The van der Waals surface area contributed by atoms with E-state index in [0.717, 1.165) is 22.4 Å². The average Bonchev–Trinajstić information content (AvgIpc) is 2.40. The average molecular weight is 469 g/mol. The molecule has 0 fully saturated rings. The van der Waals surface area contributed by atoms with Gasteiger partial charge in [0.05, 0.1) is 5.69 Å². The third kappa shape index (κ3) is 5.13. The van der Waals surface area contributed by atoms with Crippen LogP contribution in [-0.2, 0) is 11.1 Å². The van der Waals surface area contributed by atoms with Gasteiger partial charge in [-0.1, -0.05) is 87.3 Å². The number of benzene rings is 1. The van der Waals surface area contributed by atoms with Crippen LogP contribution in [0.1, 0.15) is 16.7 Å². The van der Waals surface area contributed by atoms with Crippen molar-refractivity contribution in [3.05, 3.63) is 28.8 Å². The van der Waals surface area contributed by atoms with Gasteiger partial charge in [-0.25, -0.2) is 4.99 Å². The van der Waals surface area contributed by atoms with Gasteiger partial charge < -0.3 is 4.72 Å². The van der Waals surface area contributed by atoms with Crippen LogP contribution in [0.3, 0.4) is 0 Å². The number of nitrogens with zero attached hydrogens (tertiary/aromatic N) is 3. The van der Waals surface area contributed by atoms with Crippen LogP contribution in [0.2, 0.25) is 0 Å². The molecule has 1 aliphatic heterocycles. The van der Waals surface area contributed by atoms with E-state index in [2.05, 4.69) is 18.5 Å². The maximum absolute atomic E-state index is 5.88. The molecular weight excluding hydrogens is 457 g/mol. The predicted octanol–water partition coefficient (Wildman–Crippen LogP) is 6.21. The second kappa shape index (κ2) is 7.47. The largest absolute Gasteiger partial charge is 0.302 e. The number of anilines is 1. The highest BCUT2D eigenvalue weighted by Gasteiger charge is 2.36. The second-order valence-electron chi connectivity index (χ2n) is 5.08. The molecule has 11 heteroatoms. The number of hydrogen-bond donors (Lipinski definition) is 1. The van der Waals surface area contributed by atoms with Crippen LogP contribution in [0.4, 0.5) is 5.69 Å². The Hall–Kier alpha value is 0.250. The lowest BCUT2D eigenvalue weighted by Crippen LogP contribution is -2.29. The van der Waals surface area contributed by atoms with Gasteiger partial charge >= 0.3 is 0 Å². The van der Waals surface area contributed by atoms with Gasteiger partial charge in [0.25, 0.3) is 7.59 Å². The monoisotopic (exact) mass is 466 g/mol. The Balaban J connectivity index is 2.48. The smallest absolute Gasteiger partial charge is 0.250 e. The number of aryl methyl sites for hydroxylation is 3. The molecule has 0 spiro atoms. The summed E-state index contributed by atoms with van der Waals surface area (Å²) in [5, 5.41) is 0. The summed E-state index contributed by atoms with van der Waals surface area (Å²) in [7, 11) is 0. The van der Waals surface area contributed by atoms with E-state index in [9.17, 15) is 0 Å². The number of amidine groups is 2. The molecule has 4 nitrogen and oxygen atoms in total. The highest BCUT2D eigenvalue weighted by Crippen LogP contribution is 2.35. The Bertz CT molecular complexity index is 723. The quantitative estimate of drug-likeness (QED) is 0.515. The molecule has 1 heterocycles. The van der Waals surface area contributed by atoms with Crippen molar-refractivity contribution in [2.24, 2.45) is 13.8 Å². The summed E-state index contributed by atoms with van der Waals surface area (Å²) in [5.41, 5.74) is 4.07. The van der Waals surface area contributed by atoms with E-state index >= 15 is 0 Å². The molecule has 24 heavy (non-hydrogen) atoms. The lowest BCUT2D eigenvalue weighted by molar-refractivity contribution is 1.32. The summed E-state index contributed by atoms with van der Waals surface area (Å²) in [6.45, 7) is 5.96. The maximum atomic E-state index is 5.88. The Labute approximate surface area is 172 Å². The SMILES string of the molecule is Cc1cc(C)c(NS2=NC(C(Cl)(Cl)Cl)=NC(C(Cl)(Cl)Cl)=N2)c(C)c1. The van der Waals surface area contributed by atoms with E-state index in [1.54, 1.807) is 0 Å². The van der Waals surface area contributed by atoms with Gasteiger partial charge in [0, 0.05) is 0 Å². The molecule has 0 amide bonds. The zero-order valence-electron chi connectivity index (χ0n) is 12.7. The summed E-state index contributed by atoms with van der Waals surface area (Å²) in [6, 6.07) is 4.07. The molecule has 0 aliphatic carbocycles. The summed E-state index contributed by atoms with van der Waals surface area (Å²) in [4.78, 5) is 3.95. The van der Waals surface area contributed by atoms with Crippen molar-refractivity contribution in [3.63, 3.8) is 0 Å². The van der Waals surface area contributed by atoms with Gasteiger partial charge in [-0.05, 0) is 31.9 Å². The first kappa shape index (κ1) is 20.6.